The second kappa shape index (κ2) is 8.86. The van der Waals surface area contributed by atoms with Crippen molar-refractivity contribution in [2.45, 2.75) is 25.8 Å². The number of amides is 2. The molecule has 1 rings (SSSR count). The SMILES string of the molecule is CC(C)C(NC(=O)c1ccc([N+](=O)[O-])cc1Cl)C(=O)NCC(F)(F)CN. The van der Waals surface area contributed by atoms with E-state index in [2.05, 4.69) is 5.32 Å². The van der Waals surface area contributed by atoms with Crippen LogP contribution >= 0.6 is 11.6 Å². The maximum Gasteiger partial charge on any atom is 0.277 e. The highest BCUT2D eigenvalue weighted by molar-refractivity contribution is 6.34. The third kappa shape index (κ3) is 5.88. The molecule has 4 N–H and O–H groups in total. The van der Waals surface area contributed by atoms with E-state index in [1.165, 1.54) is 0 Å². The molecule has 0 radical (unpaired) electrons. The second-order valence-electron chi connectivity index (χ2n) is 5.89. The maximum absolute atomic E-state index is 13.2. The molecule has 0 aliphatic carbocycles. The number of hydrogen-bond acceptors (Lipinski definition) is 5. The molecular formula is C15H19ClF2N4O4. The van der Waals surface area contributed by atoms with Crippen molar-refractivity contribution in [1.82, 2.24) is 10.6 Å². The predicted octanol–water partition coefficient (Wildman–Crippen LogP) is 1.71. The van der Waals surface area contributed by atoms with Crippen molar-refractivity contribution in [3.63, 3.8) is 0 Å². The molecule has 8 nitrogen and oxygen atoms in total. The zero-order valence-corrected chi connectivity index (χ0v) is 14.8. The molecule has 0 saturated carbocycles. The zero-order chi connectivity index (χ0) is 20.1. The number of benzene rings is 1. The first-order chi connectivity index (χ1) is 12.0. The molecule has 11 heteroatoms. The van der Waals surface area contributed by atoms with Gasteiger partial charge < -0.3 is 16.4 Å². The fourth-order valence-corrected chi connectivity index (χ4v) is 2.21. The van der Waals surface area contributed by atoms with Crippen LogP contribution in [-0.4, -0.2) is 41.8 Å². The molecule has 0 bridgehead atoms. The highest BCUT2D eigenvalue weighted by Crippen LogP contribution is 2.22. The number of alkyl halides is 2. The van der Waals surface area contributed by atoms with Gasteiger partial charge in [-0.25, -0.2) is 8.78 Å². The minimum atomic E-state index is -3.26. The van der Waals surface area contributed by atoms with E-state index in [0.717, 1.165) is 18.2 Å². The van der Waals surface area contributed by atoms with Crippen molar-refractivity contribution in [2.75, 3.05) is 13.1 Å². The number of nitrogens with one attached hydrogen (secondary N) is 2. The minimum Gasteiger partial charge on any atom is -0.348 e. The summed E-state index contributed by atoms with van der Waals surface area (Å²) < 4.78 is 26.3. The topological polar surface area (TPSA) is 127 Å². The first-order valence-electron chi connectivity index (χ1n) is 7.59. The summed E-state index contributed by atoms with van der Waals surface area (Å²) in [6.45, 7) is 1.34. The van der Waals surface area contributed by atoms with Gasteiger partial charge in [-0.2, -0.15) is 0 Å². The molecule has 0 fully saturated rings. The molecule has 0 aliphatic rings. The summed E-state index contributed by atoms with van der Waals surface area (Å²) in [5, 5.41) is 15.0. The molecule has 2 amide bonds. The maximum atomic E-state index is 13.2. The minimum absolute atomic E-state index is 0.0806. The number of rotatable bonds is 8. The number of nitro benzene ring substituents is 1. The lowest BCUT2D eigenvalue weighted by molar-refractivity contribution is -0.384. The number of nitrogens with two attached hydrogens (primary N) is 1. The number of non-ortho nitro benzene ring substituents is 1. The molecule has 1 unspecified atom stereocenters. The van der Waals surface area contributed by atoms with Gasteiger partial charge in [-0.05, 0) is 12.0 Å². The quantitative estimate of drug-likeness (QED) is 0.458. The van der Waals surface area contributed by atoms with Crippen molar-refractivity contribution in [3.8, 4) is 0 Å². The van der Waals surface area contributed by atoms with Gasteiger partial charge in [0.2, 0.25) is 5.91 Å². The van der Waals surface area contributed by atoms with Gasteiger partial charge in [0.1, 0.15) is 6.04 Å². The van der Waals surface area contributed by atoms with Crippen LogP contribution in [0, 0.1) is 16.0 Å². The first kappa shape index (κ1) is 21.7. The van der Waals surface area contributed by atoms with Crippen molar-refractivity contribution >= 4 is 29.1 Å². The Hall–Kier alpha value is -2.33. The summed E-state index contributed by atoms with van der Waals surface area (Å²) in [6.07, 6.45) is 0. The molecule has 0 heterocycles. The summed E-state index contributed by atoms with van der Waals surface area (Å²) in [5.41, 5.74) is 4.52. The third-order valence-electron chi connectivity index (χ3n) is 3.46. The van der Waals surface area contributed by atoms with E-state index in [4.69, 9.17) is 17.3 Å². The molecule has 0 aromatic heterocycles. The highest BCUT2D eigenvalue weighted by Gasteiger charge is 2.31. The van der Waals surface area contributed by atoms with Gasteiger partial charge in [0.05, 0.1) is 28.6 Å². The molecule has 1 aromatic carbocycles. The Kier molecular flexibility index (Phi) is 7.40. The number of carbonyl (C=O) groups is 2. The number of nitro groups is 1. The molecule has 144 valence electrons. The molecule has 1 aromatic rings. The lowest BCUT2D eigenvalue weighted by Crippen LogP contribution is -2.52. The lowest BCUT2D eigenvalue weighted by atomic mass is 10.0. The smallest absolute Gasteiger partial charge is 0.277 e. The third-order valence-corrected chi connectivity index (χ3v) is 3.78. The number of carbonyl (C=O) groups excluding carboxylic acids is 2. The Labute approximate surface area is 153 Å². The van der Waals surface area contributed by atoms with Gasteiger partial charge in [0, 0.05) is 12.1 Å². The van der Waals surface area contributed by atoms with E-state index in [-0.39, 0.29) is 16.3 Å². The molecule has 1 atom stereocenters. The van der Waals surface area contributed by atoms with Crippen molar-refractivity contribution in [1.29, 1.82) is 0 Å². The molecule has 0 aliphatic heterocycles. The van der Waals surface area contributed by atoms with E-state index >= 15 is 0 Å². The average Bonchev–Trinajstić information content (AvgIpc) is 2.56. The fourth-order valence-electron chi connectivity index (χ4n) is 1.95. The Bertz CT molecular complexity index is 700. The Morgan fingerprint density at radius 3 is 2.46 bits per heavy atom. The van der Waals surface area contributed by atoms with Gasteiger partial charge in [-0.3, -0.25) is 19.7 Å². The second-order valence-corrected chi connectivity index (χ2v) is 6.30. The van der Waals surface area contributed by atoms with E-state index in [1.807, 2.05) is 5.32 Å². The molecule has 0 saturated heterocycles. The van der Waals surface area contributed by atoms with Crippen LogP contribution in [0.25, 0.3) is 0 Å². The number of hydrogen-bond donors (Lipinski definition) is 3. The first-order valence-corrected chi connectivity index (χ1v) is 7.96. The van der Waals surface area contributed by atoms with Crippen molar-refractivity contribution in [3.05, 3.63) is 38.9 Å². The van der Waals surface area contributed by atoms with Crippen LogP contribution in [0.5, 0.6) is 0 Å². The van der Waals surface area contributed by atoms with Crippen LogP contribution in [0.1, 0.15) is 24.2 Å². The predicted molar refractivity (Wildman–Crippen MR) is 91.2 cm³/mol. The van der Waals surface area contributed by atoms with Crippen LogP contribution in [0.2, 0.25) is 5.02 Å². The average molecular weight is 393 g/mol. The largest absolute Gasteiger partial charge is 0.348 e. The van der Waals surface area contributed by atoms with E-state index in [0.29, 0.717) is 0 Å². The Morgan fingerprint density at radius 2 is 2.00 bits per heavy atom. The van der Waals surface area contributed by atoms with Crippen LogP contribution < -0.4 is 16.4 Å². The summed E-state index contributed by atoms with van der Waals surface area (Å²) >= 11 is 5.87. The van der Waals surface area contributed by atoms with E-state index in [9.17, 15) is 28.5 Å². The normalized spacial score (nSPS) is 12.6. The standard InChI is InChI=1S/C15H19ClF2N4O4/c1-8(2)12(14(24)20-7-15(17,18)6-19)21-13(23)10-4-3-9(22(25)26)5-11(10)16/h3-5,8,12H,6-7,19H2,1-2H3,(H,20,24)(H,21,23). The monoisotopic (exact) mass is 392 g/mol. The summed E-state index contributed by atoms with van der Waals surface area (Å²) in [6, 6.07) is 2.13. The van der Waals surface area contributed by atoms with Crippen molar-refractivity contribution < 1.29 is 23.3 Å². The summed E-state index contributed by atoms with van der Waals surface area (Å²) in [7, 11) is 0. The van der Waals surface area contributed by atoms with Crippen LogP contribution in [-0.2, 0) is 4.79 Å². The molecule has 0 spiro atoms. The van der Waals surface area contributed by atoms with Gasteiger partial charge in [0.25, 0.3) is 17.5 Å². The highest BCUT2D eigenvalue weighted by atomic mass is 35.5. The Balaban J connectivity index is 2.88. The van der Waals surface area contributed by atoms with Crippen LogP contribution in [0.4, 0.5) is 14.5 Å². The zero-order valence-electron chi connectivity index (χ0n) is 14.1. The molecular weight excluding hydrogens is 374 g/mol. The Morgan fingerprint density at radius 1 is 1.38 bits per heavy atom. The summed E-state index contributed by atoms with van der Waals surface area (Å²) in [4.78, 5) is 34.5. The fraction of sp³-hybridized carbons (Fsp3) is 0.467. The number of nitrogens with zero attached hydrogens (tertiary/aromatic N) is 1. The van der Waals surface area contributed by atoms with Crippen molar-refractivity contribution in [2.24, 2.45) is 11.7 Å². The van der Waals surface area contributed by atoms with E-state index in [1.54, 1.807) is 13.8 Å². The van der Waals surface area contributed by atoms with Gasteiger partial charge in [0.15, 0.2) is 0 Å². The van der Waals surface area contributed by atoms with E-state index < -0.39 is 47.7 Å². The number of halogens is 3. The molecule has 26 heavy (non-hydrogen) atoms. The van der Waals surface area contributed by atoms with Gasteiger partial charge >= 0.3 is 0 Å². The van der Waals surface area contributed by atoms with Crippen LogP contribution in [0.15, 0.2) is 18.2 Å². The van der Waals surface area contributed by atoms with Crippen LogP contribution in [0.3, 0.4) is 0 Å². The summed E-state index contributed by atoms with van der Waals surface area (Å²) in [5.74, 6) is -5.24. The van der Waals surface area contributed by atoms with Gasteiger partial charge in [-0.15, -0.1) is 0 Å². The van der Waals surface area contributed by atoms with Gasteiger partial charge in [-0.1, -0.05) is 25.4 Å². The lowest BCUT2D eigenvalue weighted by Gasteiger charge is -2.23.